The van der Waals surface area contributed by atoms with Gasteiger partial charge in [-0.05, 0) is 73.2 Å². The van der Waals surface area contributed by atoms with Crippen molar-refractivity contribution in [3.8, 4) is 11.4 Å². The molecule has 3 N–H and O–H groups in total. The first-order valence-corrected chi connectivity index (χ1v) is 13.2. The number of H-pyrrole nitrogens is 2. The Kier molecular flexibility index (Phi) is 5.39. The summed E-state index contributed by atoms with van der Waals surface area (Å²) in [5, 5.41) is 13.0. The Morgan fingerprint density at radius 2 is 1.70 bits per heavy atom. The third-order valence-electron chi connectivity index (χ3n) is 8.24. The van der Waals surface area contributed by atoms with Gasteiger partial charge in [-0.1, -0.05) is 43.5 Å². The van der Waals surface area contributed by atoms with Crippen molar-refractivity contribution in [3.63, 3.8) is 0 Å². The first kappa shape index (κ1) is 22.4. The van der Waals surface area contributed by atoms with Crippen molar-refractivity contribution >= 4 is 10.9 Å². The van der Waals surface area contributed by atoms with Crippen LogP contribution in [0.4, 0.5) is 4.39 Å². The molecule has 2 aliphatic rings. The summed E-state index contributed by atoms with van der Waals surface area (Å²) in [7, 11) is 0. The molecule has 0 unspecified atom stereocenters. The van der Waals surface area contributed by atoms with Crippen molar-refractivity contribution in [2.45, 2.75) is 50.1 Å². The Bertz CT molecular complexity index is 1530. The fraction of sp³-hybridized carbons (Fsp3) is 0.300. The molecule has 3 aromatic heterocycles. The van der Waals surface area contributed by atoms with E-state index in [1.54, 1.807) is 12.1 Å². The van der Waals surface area contributed by atoms with Crippen molar-refractivity contribution in [1.29, 1.82) is 0 Å². The molecule has 186 valence electrons. The fourth-order valence-electron chi connectivity index (χ4n) is 6.54. The number of para-hydroxylation sites is 1. The molecule has 2 aromatic carbocycles. The number of pyridine rings is 1. The zero-order valence-corrected chi connectivity index (χ0v) is 20.5. The highest BCUT2D eigenvalue weighted by Gasteiger charge is 2.50. The lowest BCUT2D eigenvalue weighted by molar-refractivity contribution is 0.157. The van der Waals surface area contributed by atoms with E-state index in [-0.39, 0.29) is 11.9 Å². The summed E-state index contributed by atoms with van der Waals surface area (Å²) in [5.74, 6) is 1.48. The van der Waals surface area contributed by atoms with Crippen LogP contribution in [0.2, 0.25) is 0 Å². The van der Waals surface area contributed by atoms with E-state index in [9.17, 15) is 4.39 Å². The molecular formula is C30H29FN6. The number of aromatic nitrogens is 5. The van der Waals surface area contributed by atoms with Crippen LogP contribution in [0.25, 0.3) is 22.3 Å². The zero-order valence-electron chi connectivity index (χ0n) is 20.5. The third kappa shape index (κ3) is 3.68. The van der Waals surface area contributed by atoms with E-state index in [1.165, 1.54) is 48.0 Å². The Morgan fingerprint density at radius 3 is 2.51 bits per heavy atom. The third-order valence-corrected chi connectivity index (χ3v) is 8.24. The molecular weight excluding hydrogens is 463 g/mol. The molecule has 1 aliphatic carbocycles. The molecule has 0 saturated heterocycles. The maximum atomic E-state index is 13.5. The second-order valence-electron chi connectivity index (χ2n) is 10.3. The van der Waals surface area contributed by atoms with Crippen LogP contribution in [0.5, 0.6) is 0 Å². The summed E-state index contributed by atoms with van der Waals surface area (Å²) in [6, 6.07) is 21.0. The molecule has 37 heavy (non-hydrogen) atoms. The lowest BCUT2D eigenvalue weighted by Gasteiger charge is -2.47. The molecule has 0 spiro atoms. The number of rotatable bonds is 4. The smallest absolute Gasteiger partial charge is 0.181 e. The summed E-state index contributed by atoms with van der Waals surface area (Å²) in [6.07, 6.45) is 8.68. The average Bonchev–Trinajstić information content (AvgIpc) is 3.60. The molecule has 4 heterocycles. The van der Waals surface area contributed by atoms with Gasteiger partial charge in [-0.25, -0.2) is 9.37 Å². The Morgan fingerprint density at radius 1 is 0.892 bits per heavy atom. The van der Waals surface area contributed by atoms with Crippen molar-refractivity contribution in [3.05, 3.63) is 102 Å². The molecule has 0 amide bonds. The lowest BCUT2D eigenvalue weighted by atomic mass is 9.67. The average molecular weight is 493 g/mol. The van der Waals surface area contributed by atoms with Gasteiger partial charge in [0.05, 0.1) is 11.7 Å². The van der Waals surface area contributed by atoms with Gasteiger partial charge in [0.2, 0.25) is 0 Å². The molecule has 1 saturated carbocycles. The second-order valence-corrected chi connectivity index (χ2v) is 10.3. The number of aromatic amines is 2. The molecule has 7 heteroatoms. The van der Waals surface area contributed by atoms with Gasteiger partial charge >= 0.3 is 0 Å². The number of nitrogens with one attached hydrogen (secondary N) is 3. The highest BCUT2D eigenvalue weighted by molar-refractivity contribution is 5.86. The maximum Gasteiger partial charge on any atom is 0.181 e. The molecule has 1 fully saturated rings. The van der Waals surface area contributed by atoms with Crippen LogP contribution in [-0.2, 0) is 12.0 Å². The molecule has 0 radical (unpaired) electrons. The summed E-state index contributed by atoms with van der Waals surface area (Å²) < 4.78 is 13.5. The fourth-order valence-corrected chi connectivity index (χ4v) is 6.54. The first-order valence-electron chi connectivity index (χ1n) is 13.2. The Balaban J connectivity index is 1.40. The zero-order chi connectivity index (χ0) is 24.8. The standard InChI is InChI=1S/C30H29FN6/c31-21-15-13-19(14-16-21)28-34-29(37-36-28)25-18-23-22-10-4-5-11-24(22)33-27(23)30(35-25,20-8-2-1-3-9-20)26-12-6-7-17-32-26/h4-7,10-17,20,25,33,35H,1-3,8-9,18H2,(H,34,36,37)/t25-,30-/m1/s1. The van der Waals surface area contributed by atoms with E-state index in [1.807, 2.05) is 12.3 Å². The van der Waals surface area contributed by atoms with E-state index in [2.05, 4.69) is 56.9 Å². The SMILES string of the molecule is Fc1ccc(-c2n[nH]c([C@H]3Cc4c([nH]c5ccccc45)[C@](c4ccccn4)(C4CCCCC4)N3)n2)cc1. The minimum atomic E-state index is -0.470. The number of nitrogens with zero attached hydrogens (tertiary/aromatic N) is 3. The number of halogens is 1. The van der Waals surface area contributed by atoms with E-state index in [0.717, 1.165) is 41.9 Å². The predicted octanol–water partition coefficient (Wildman–Crippen LogP) is 6.20. The van der Waals surface area contributed by atoms with E-state index >= 15 is 0 Å². The number of hydrogen-bond acceptors (Lipinski definition) is 4. The molecule has 1 aliphatic heterocycles. The van der Waals surface area contributed by atoms with Crippen LogP contribution in [0.1, 0.15) is 60.9 Å². The second kappa shape index (κ2) is 8.92. The van der Waals surface area contributed by atoms with Crippen molar-refractivity contribution in [1.82, 2.24) is 30.5 Å². The molecule has 7 rings (SSSR count). The van der Waals surface area contributed by atoms with Gasteiger partial charge in [-0.15, -0.1) is 0 Å². The van der Waals surface area contributed by atoms with E-state index in [4.69, 9.17) is 9.97 Å². The van der Waals surface area contributed by atoms with Gasteiger partial charge in [-0.2, -0.15) is 5.10 Å². The van der Waals surface area contributed by atoms with E-state index in [0.29, 0.717) is 11.7 Å². The molecule has 2 atom stereocenters. The van der Waals surface area contributed by atoms with Crippen LogP contribution in [0.3, 0.4) is 0 Å². The van der Waals surface area contributed by atoms with Crippen molar-refractivity contribution in [2.24, 2.45) is 5.92 Å². The molecule has 5 aromatic rings. The minimum absolute atomic E-state index is 0.0858. The van der Waals surface area contributed by atoms with Crippen LogP contribution in [0.15, 0.2) is 72.9 Å². The van der Waals surface area contributed by atoms with Crippen LogP contribution >= 0.6 is 0 Å². The highest BCUT2D eigenvalue weighted by Crippen LogP contribution is 2.50. The summed E-state index contributed by atoms with van der Waals surface area (Å²) in [4.78, 5) is 13.7. The number of hydrogen-bond donors (Lipinski definition) is 3. The van der Waals surface area contributed by atoms with Gasteiger partial charge in [0.25, 0.3) is 0 Å². The molecule has 0 bridgehead atoms. The quantitative estimate of drug-likeness (QED) is 0.279. The minimum Gasteiger partial charge on any atom is -0.356 e. The number of fused-ring (bicyclic) bond motifs is 3. The summed E-state index contributed by atoms with van der Waals surface area (Å²) >= 11 is 0. The molecule has 6 nitrogen and oxygen atoms in total. The normalized spacial score (nSPS) is 22.2. The highest BCUT2D eigenvalue weighted by atomic mass is 19.1. The van der Waals surface area contributed by atoms with Gasteiger partial charge in [0, 0.05) is 28.4 Å². The monoisotopic (exact) mass is 492 g/mol. The largest absolute Gasteiger partial charge is 0.356 e. The maximum absolute atomic E-state index is 13.5. The number of benzene rings is 2. The van der Waals surface area contributed by atoms with Crippen LogP contribution in [0, 0.1) is 11.7 Å². The van der Waals surface area contributed by atoms with Gasteiger partial charge in [0.1, 0.15) is 17.2 Å². The predicted molar refractivity (Wildman–Crippen MR) is 141 cm³/mol. The topological polar surface area (TPSA) is 82.3 Å². The van der Waals surface area contributed by atoms with Gasteiger partial charge in [-0.3, -0.25) is 15.4 Å². The van der Waals surface area contributed by atoms with Gasteiger partial charge in [0.15, 0.2) is 5.82 Å². The van der Waals surface area contributed by atoms with Gasteiger partial charge < -0.3 is 4.98 Å². The van der Waals surface area contributed by atoms with Crippen molar-refractivity contribution < 1.29 is 4.39 Å². The van der Waals surface area contributed by atoms with Crippen LogP contribution < -0.4 is 5.32 Å². The lowest BCUT2D eigenvalue weighted by Crippen LogP contribution is -2.55. The van der Waals surface area contributed by atoms with Crippen LogP contribution in [-0.4, -0.2) is 25.1 Å². The Hall–Kier alpha value is -3.84. The summed E-state index contributed by atoms with van der Waals surface area (Å²) in [5.41, 5.74) is 5.05. The Labute approximate surface area is 214 Å². The van der Waals surface area contributed by atoms with Crippen molar-refractivity contribution in [2.75, 3.05) is 0 Å². The van der Waals surface area contributed by atoms with E-state index < -0.39 is 5.54 Å². The first-order chi connectivity index (χ1) is 18.2. The summed E-state index contributed by atoms with van der Waals surface area (Å²) in [6.45, 7) is 0.